The number of likely N-dealkylation sites (tertiary alicyclic amines) is 1. The van der Waals surface area contributed by atoms with Crippen molar-refractivity contribution < 1.29 is 14.3 Å². The molecule has 0 unspecified atom stereocenters. The first-order valence-electron chi connectivity index (χ1n) is 8.65. The Bertz CT molecular complexity index is 947. The van der Waals surface area contributed by atoms with Gasteiger partial charge in [-0.05, 0) is 30.5 Å². The van der Waals surface area contributed by atoms with Crippen LogP contribution < -0.4 is 15.0 Å². The lowest BCUT2D eigenvalue weighted by Crippen LogP contribution is -2.37. The molecule has 0 saturated carbocycles. The van der Waals surface area contributed by atoms with Crippen LogP contribution in [0.15, 0.2) is 29.2 Å². The maximum Gasteiger partial charge on any atom is 0.287 e. The van der Waals surface area contributed by atoms with E-state index >= 15 is 0 Å². The van der Waals surface area contributed by atoms with E-state index in [1.165, 1.54) is 6.20 Å². The third-order valence-corrected chi connectivity index (χ3v) is 5.50. The molecule has 2 aliphatic heterocycles. The molecular weight excluding hydrogens is 393 g/mol. The Hall–Kier alpha value is -2.25. The summed E-state index contributed by atoms with van der Waals surface area (Å²) in [4.78, 5) is 26.7. The molecule has 9 heteroatoms. The van der Waals surface area contributed by atoms with Crippen LogP contribution >= 0.6 is 23.2 Å². The predicted octanol–water partition coefficient (Wildman–Crippen LogP) is 2.69. The lowest BCUT2D eigenvalue weighted by Gasteiger charge is -2.27. The minimum absolute atomic E-state index is 0.0701. The van der Waals surface area contributed by atoms with Gasteiger partial charge in [-0.25, -0.2) is 4.68 Å². The largest absolute Gasteiger partial charge is 0.486 e. The SMILES string of the molecule is O=C(Cn1ncc(Cl)c(Cl)c1=O)N1CCC[C@@H]1c1ccc2c(c1)OCCO2. The summed E-state index contributed by atoms with van der Waals surface area (Å²) in [5.41, 5.74) is 0.409. The molecule has 2 aromatic rings. The van der Waals surface area contributed by atoms with Gasteiger partial charge in [0.1, 0.15) is 24.8 Å². The van der Waals surface area contributed by atoms with Gasteiger partial charge in [0.2, 0.25) is 5.91 Å². The van der Waals surface area contributed by atoms with Crippen molar-refractivity contribution in [2.45, 2.75) is 25.4 Å². The summed E-state index contributed by atoms with van der Waals surface area (Å²) in [5.74, 6) is 1.22. The number of rotatable bonds is 3. The van der Waals surface area contributed by atoms with Crippen LogP contribution in [0, 0.1) is 0 Å². The van der Waals surface area contributed by atoms with E-state index in [-0.39, 0.29) is 28.5 Å². The van der Waals surface area contributed by atoms with Crippen LogP contribution in [0.4, 0.5) is 0 Å². The number of carbonyl (C=O) groups excluding carboxylic acids is 1. The molecule has 1 saturated heterocycles. The average molecular weight is 410 g/mol. The van der Waals surface area contributed by atoms with E-state index in [0.717, 1.165) is 23.1 Å². The first-order chi connectivity index (χ1) is 13.0. The molecule has 0 N–H and O–H groups in total. The van der Waals surface area contributed by atoms with Gasteiger partial charge in [0.25, 0.3) is 5.56 Å². The number of nitrogens with zero attached hydrogens (tertiary/aromatic N) is 3. The van der Waals surface area contributed by atoms with Gasteiger partial charge in [-0.2, -0.15) is 5.10 Å². The Morgan fingerprint density at radius 2 is 2.00 bits per heavy atom. The molecule has 0 aliphatic carbocycles. The molecule has 4 rings (SSSR count). The molecule has 3 heterocycles. The maximum atomic E-state index is 12.8. The smallest absolute Gasteiger partial charge is 0.287 e. The quantitative estimate of drug-likeness (QED) is 0.778. The lowest BCUT2D eigenvalue weighted by molar-refractivity contribution is -0.133. The monoisotopic (exact) mass is 409 g/mol. The zero-order chi connectivity index (χ0) is 19.0. The number of amides is 1. The van der Waals surface area contributed by atoms with Crippen molar-refractivity contribution in [3.05, 3.63) is 50.4 Å². The van der Waals surface area contributed by atoms with Gasteiger partial charge in [0.05, 0.1) is 17.3 Å². The van der Waals surface area contributed by atoms with Crippen molar-refractivity contribution in [1.29, 1.82) is 0 Å². The van der Waals surface area contributed by atoms with Crippen molar-refractivity contribution in [2.24, 2.45) is 0 Å². The number of halogens is 2. The van der Waals surface area contributed by atoms with Crippen LogP contribution in [0.1, 0.15) is 24.4 Å². The second-order valence-corrected chi connectivity index (χ2v) is 7.20. The molecule has 0 radical (unpaired) electrons. The van der Waals surface area contributed by atoms with Gasteiger partial charge < -0.3 is 14.4 Å². The fourth-order valence-corrected chi connectivity index (χ4v) is 3.73. The van der Waals surface area contributed by atoms with E-state index in [2.05, 4.69) is 5.10 Å². The van der Waals surface area contributed by atoms with E-state index in [1.807, 2.05) is 18.2 Å². The average Bonchev–Trinajstić information content (AvgIpc) is 3.18. The summed E-state index contributed by atoms with van der Waals surface area (Å²) >= 11 is 11.6. The van der Waals surface area contributed by atoms with Gasteiger partial charge in [-0.1, -0.05) is 29.3 Å². The summed E-state index contributed by atoms with van der Waals surface area (Å²) < 4.78 is 12.2. The summed E-state index contributed by atoms with van der Waals surface area (Å²) in [5, 5.41) is 3.84. The molecular formula is C18H17Cl2N3O4. The van der Waals surface area contributed by atoms with Gasteiger partial charge in [0.15, 0.2) is 11.5 Å². The molecule has 1 amide bonds. The number of carbonyl (C=O) groups is 1. The van der Waals surface area contributed by atoms with Gasteiger partial charge in [-0.15, -0.1) is 0 Å². The highest BCUT2D eigenvalue weighted by atomic mass is 35.5. The minimum Gasteiger partial charge on any atom is -0.486 e. The van der Waals surface area contributed by atoms with Gasteiger partial charge in [0, 0.05) is 6.54 Å². The van der Waals surface area contributed by atoms with E-state index in [0.29, 0.717) is 31.3 Å². The van der Waals surface area contributed by atoms with E-state index in [4.69, 9.17) is 32.7 Å². The Morgan fingerprint density at radius 1 is 1.22 bits per heavy atom. The predicted molar refractivity (Wildman–Crippen MR) is 99.6 cm³/mol. The van der Waals surface area contributed by atoms with Crippen LogP contribution in [0.3, 0.4) is 0 Å². The van der Waals surface area contributed by atoms with Crippen LogP contribution in [-0.2, 0) is 11.3 Å². The third kappa shape index (κ3) is 3.49. The summed E-state index contributed by atoms with van der Waals surface area (Å²) in [6.07, 6.45) is 2.99. The van der Waals surface area contributed by atoms with E-state index in [9.17, 15) is 9.59 Å². The number of hydrogen-bond acceptors (Lipinski definition) is 5. The van der Waals surface area contributed by atoms with Gasteiger partial charge >= 0.3 is 0 Å². The van der Waals surface area contributed by atoms with Crippen LogP contribution in [0.5, 0.6) is 11.5 Å². The van der Waals surface area contributed by atoms with Crippen LogP contribution in [-0.4, -0.2) is 40.3 Å². The summed E-state index contributed by atoms with van der Waals surface area (Å²) in [6, 6.07) is 5.67. The number of hydrogen-bond donors (Lipinski definition) is 0. The molecule has 27 heavy (non-hydrogen) atoms. The number of fused-ring (bicyclic) bond motifs is 1. The maximum absolute atomic E-state index is 12.8. The zero-order valence-electron chi connectivity index (χ0n) is 14.4. The second kappa shape index (κ2) is 7.40. The highest BCUT2D eigenvalue weighted by Crippen LogP contribution is 2.38. The normalized spacial score (nSPS) is 18.6. The van der Waals surface area contributed by atoms with Crippen molar-refractivity contribution in [3.63, 3.8) is 0 Å². The topological polar surface area (TPSA) is 73.7 Å². The number of ether oxygens (including phenoxy) is 2. The summed E-state index contributed by atoms with van der Waals surface area (Å²) in [7, 11) is 0. The standard InChI is InChI=1S/C18H17Cl2N3O4/c19-12-9-21-23(18(25)17(12)20)10-16(24)22-5-1-2-13(22)11-3-4-14-15(8-11)27-7-6-26-14/h3-4,8-9,13H,1-2,5-7,10H2/t13-/m1/s1. The molecule has 1 aromatic heterocycles. The molecule has 1 aromatic carbocycles. The molecule has 1 fully saturated rings. The molecule has 2 aliphatic rings. The Labute approximate surface area is 165 Å². The lowest BCUT2D eigenvalue weighted by atomic mass is 10.0. The van der Waals surface area contributed by atoms with Crippen molar-refractivity contribution in [3.8, 4) is 11.5 Å². The van der Waals surface area contributed by atoms with Crippen molar-refractivity contribution in [2.75, 3.05) is 19.8 Å². The third-order valence-electron chi connectivity index (χ3n) is 4.75. The fraction of sp³-hybridized carbons (Fsp3) is 0.389. The Balaban J connectivity index is 1.55. The first kappa shape index (κ1) is 18.1. The summed E-state index contributed by atoms with van der Waals surface area (Å²) in [6.45, 7) is 1.48. The highest BCUT2D eigenvalue weighted by molar-refractivity contribution is 6.41. The Morgan fingerprint density at radius 3 is 2.81 bits per heavy atom. The van der Waals surface area contributed by atoms with Gasteiger partial charge in [-0.3, -0.25) is 9.59 Å². The van der Waals surface area contributed by atoms with Crippen molar-refractivity contribution in [1.82, 2.24) is 14.7 Å². The van der Waals surface area contributed by atoms with E-state index in [1.54, 1.807) is 4.90 Å². The number of aromatic nitrogens is 2. The minimum atomic E-state index is -0.576. The molecule has 0 spiro atoms. The fourth-order valence-electron chi connectivity index (χ4n) is 3.46. The highest BCUT2D eigenvalue weighted by Gasteiger charge is 2.31. The first-order valence-corrected chi connectivity index (χ1v) is 9.40. The Kier molecular flexibility index (Phi) is 4.97. The molecule has 1 atom stereocenters. The molecule has 7 nitrogen and oxygen atoms in total. The van der Waals surface area contributed by atoms with Crippen molar-refractivity contribution >= 4 is 29.1 Å². The van der Waals surface area contributed by atoms with Crippen LogP contribution in [0.2, 0.25) is 10.0 Å². The molecule has 0 bridgehead atoms. The zero-order valence-corrected chi connectivity index (χ0v) is 15.9. The second-order valence-electron chi connectivity index (χ2n) is 6.42. The number of benzene rings is 1. The van der Waals surface area contributed by atoms with Crippen LogP contribution in [0.25, 0.3) is 0 Å². The van der Waals surface area contributed by atoms with E-state index < -0.39 is 5.56 Å². The molecule has 142 valence electrons.